The normalized spacial score (nSPS) is 10.7. The molecular formula is C14H9F2N3O2S2. The van der Waals surface area contributed by atoms with E-state index in [1.807, 2.05) is 17.5 Å². The number of halogens is 2. The van der Waals surface area contributed by atoms with E-state index in [1.165, 1.54) is 11.3 Å². The lowest BCUT2D eigenvalue weighted by atomic mass is 10.3. The van der Waals surface area contributed by atoms with Crippen molar-refractivity contribution in [2.45, 2.75) is 5.22 Å². The van der Waals surface area contributed by atoms with Crippen LogP contribution in [0.25, 0.3) is 10.8 Å². The van der Waals surface area contributed by atoms with Crippen molar-refractivity contribution in [2.24, 2.45) is 0 Å². The predicted molar refractivity (Wildman–Crippen MR) is 83.3 cm³/mol. The van der Waals surface area contributed by atoms with Gasteiger partial charge in [-0.1, -0.05) is 17.8 Å². The Morgan fingerprint density at radius 3 is 2.74 bits per heavy atom. The molecule has 0 saturated heterocycles. The summed E-state index contributed by atoms with van der Waals surface area (Å²) in [6.07, 6.45) is 0. The standard InChI is InChI=1S/C14H9F2N3O2S2/c15-8-4-9(16)6-10(5-8)17-12(20)7-23-14-19-18-13(21-14)11-2-1-3-22-11/h1-6H,7H2,(H,17,20). The molecule has 2 heterocycles. The lowest BCUT2D eigenvalue weighted by Crippen LogP contribution is -2.14. The molecule has 0 bridgehead atoms. The molecule has 0 aliphatic carbocycles. The van der Waals surface area contributed by atoms with Gasteiger partial charge in [-0.05, 0) is 23.6 Å². The van der Waals surface area contributed by atoms with Crippen molar-refractivity contribution in [3.8, 4) is 10.8 Å². The minimum Gasteiger partial charge on any atom is -0.410 e. The lowest BCUT2D eigenvalue weighted by Gasteiger charge is -2.04. The Kier molecular flexibility index (Phi) is 4.68. The number of anilines is 1. The largest absolute Gasteiger partial charge is 0.410 e. The minimum absolute atomic E-state index is 0.0236. The summed E-state index contributed by atoms with van der Waals surface area (Å²) < 4.78 is 31.5. The fourth-order valence-electron chi connectivity index (χ4n) is 1.72. The molecule has 9 heteroatoms. The highest BCUT2D eigenvalue weighted by atomic mass is 32.2. The topological polar surface area (TPSA) is 68.0 Å². The Morgan fingerprint density at radius 2 is 2.04 bits per heavy atom. The van der Waals surface area contributed by atoms with Crippen molar-refractivity contribution in [2.75, 3.05) is 11.1 Å². The first-order valence-corrected chi connectivity index (χ1v) is 8.23. The number of thioether (sulfide) groups is 1. The second kappa shape index (κ2) is 6.88. The molecule has 2 aromatic heterocycles. The summed E-state index contributed by atoms with van der Waals surface area (Å²) in [6.45, 7) is 0. The first kappa shape index (κ1) is 15.6. The summed E-state index contributed by atoms with van der Waals surface area (Å²) >= 11 is 2.50. The van der Waals surface area contributed by atoms with Crippen LogP contribution in [0.4, 0.5) is 14.5 Å². The SMILES string of the molecule is O=C(CSc1nnc(-c2cccs2)o1)Nc1cc(F)cc(F)c1. The van der Waals surface area contributed by atoms with Gasteiger partial charge in [0.25, 0.3) is 11.1 Å². The van der Waals surface area contributed by atoms with E-state index in [2.05, 4.69) is 15.5 Å². The van der Waals surface area contributed by atoms with Crippen molar-refractivity contribution in [3.05, 3.63) is 47.3 Å². The van der Waals surface area contributed by atoms with Crippen molar-refractivity contribution < 1.29 is 18.0 Å². The number of nitrogens with one attached hydrogen (secondary N) is 1. The number of hydrogen-bond donors (Lipinski definition) is 1. The number of nitrogens with zero attached hydrogens (tertiary/aromatic N) is 2. The number of amides is 1. The molecule has 0 unspecified atom stereocenters. The summed E-state index contributed by atoms with van der Waals surface area (Å²) in [7, 11) is 0. The van der Waals surface area contributed by atoms with Gasteiger partial charge < -0.3 is 9.73 Å². The van der Waals surface area contributed by atoms with Gasteiger partial charge in [0, 0.05) is 11.8 Å². The summed E-state index contributed by atoms with van der Waals surface area (Å²) in [5, 5.41) is 12.3. The van der Waals surface area contributed by atoms with Gasteiger partial charge in [-0.2, -0.15) is 0 Å². The molecule has 0 aliphatic rings. The van der Waals surface area contributed by atoms with E-state index in [9.17, 15) is 13.6 Å². The maximum atomic E-state index is 13.0. The minimum atomic E-state index is -0.759. The molecule has 0 aliphatic heterocycles. The zero-order valence-electron chi connectivity index (χ0n) is 11.5. The van der Waals surface area contributed by atoms with E-state index in [-0.39, 0.29) is 16.7 Å². The average Bonchev–Trinajstić information content (AvgIpc) is 3.15. The van der Waals surface area contributed by atoms with E-state index >= 15 is 0 Å². The molecule has 0 atom stereocenters. The van der Waals surface area contributed by atoms with Gasteiger partial charge in [0.05, 0.1) is 10.6 Å². The lowest BCUT2D eigenvalue weighted by molar-refractivity contribution is -0.113. The molecule has 0 spiro atoms. The number of thiophene rings is 1. The quantitative estimate of drug-likeness (QED) is 0.707. The van der Waals surface area contributed by atoms with E-state index in [0.717, 1.165) is 34.8 Å². The molecule has 1 N–H and O–H groups in total. The van der Waals surface area contributed by atoms with E-state index in [0.29, 0.717) is 5.89 Å². The third kappa shape index (κ3) is 4.14. The Balaban J connectivity index is 1.57. The monoisotopic (exact) mass is 353 g/mol. The van der Waals surface area contributed by atoms with Crippen LogP contribution in [0.1, 0.15) is 0 Å². The highest BCUT2D eigenvalue weighted by Gasteiger charge is 2.12. The van der Waals surface area contributed by atoms with Gasteiger partial charge in [-0.3, -0.25) is 4.79 Å². The second-order valence-corrected chi connectivity index (χ2v) is 6.22. The van der Waals surface area contributed by atoms with Gasteiger partial charge in [-0.25, -0.2) is 8.78 Å². The summed E-state index contributed by atoms with van der Waals surface area (Å²) in [4.78, 5) is 12.6. The number of hydrogen-bond acceptors (Lipinski definition) is 6. The van der Waals surface area contributed by atoms with Crippen LogP contribution in [0.5, 0.6) is 0 Å². The van der Waals surface area contributed by atoms with E-state index < -0.39 is 17.5 Å². The molecule has 1 amide bonds. The summed E-state index contributed by atoms with van der Waals surface area (Å²) in [5.41, 5.74) is 0.0536. The van der Waals surface area contributed by atoms with Crippen LogP contribution in [0.15, 0.2) is 45.4 Å². The number of benzene rings is 1. The number of carbonyl (C=O) groups is 1. The van der Waals surface area contributed by atoms with Crippen LogP contribution in [0.2, 0.25) is 0 Å². The van der Waals surface area contributed by atoms with Gasteiger partial charge in [0.1, 0.15) is 11.6 Å². The average molecular weight is 353 g/mol. The summed E-state index contributed by atoms with van der Waals surface area (Å²) in [6, 6.07) is 6.51. The Labute approximate surface area is 137 Å². The van der Waals surface area contributed by atoms with Crippen LogP contribution < -0.4 is 5.32 Å². The Morgan fingerprint density at radius 1 is 1.26 bits per heavy atom. The molecule has 3 rings (SSSR count). The zero-order chi connectivity index (χ0) is 16.2. The molecule has 0 fully saturated rings. The first-order chi connectivity index (χ1) is 11.1. The third-order valence-electron chi connectivity index (χ3n) is 2.61. The smallest absolute Gasteiger partial charge is 0.277 e. The molecule has 3 aromatic rings. The molecule has 0 saturated carbocycles. The highest BCUT2D eigenvalue weighted by molar-refractivity contribution is 7.99. The van der Waals surface area contributed by atoms with Crippen molar-refractivity contribution in [1.29, 1.82) is 0 Å². The maximum absolute atomic E-state index is 13.0. The van der Waals surface area contributed by atoms with Crippen LogP contribution in [-0.4, -0.2) is 21.9 Å². The molecule has 5 nitrogen and oxygen atoms in total. The van der Waals surface area contributed by atoms with Crippen LogP contribution in [0.3, 0.4) is 0 Å². The fourth-order valence-corrected chi connectivity index (χ4v) is 2.93. The first-order valence-electron chi connectivity index (χ1n) is 6.36. The van der Waals surface area contributed by atoms with Crippen LogP contribution in [0, 0.1) is 11.6 Å². The van der Waals surface area contributed by atoms with Gasteiger partial charge in [-0.15, -0.1) is 21.5 Å². The van der Waals surface area contributed by atoms with Gasteiger partial charge in [0.2, 0.25) is 5.91 Å². The fraction of sp³-hybridized carbons (Fsp3) is 0.0714. The van der Waals surface area contributed by atoms with Crippen molar-refractivity contribution >= 4 is 34.7 Å². The van der Waals surface area contributed by atoms with Crippen LogP contribution in [-0.2, 0) is 4.79 Å². The van der Waals surface area contributed by atoms with Gasteiger partial charge in [0.15, 0.2) is 0 Å². The van der Waals surface area contributed by atoms with Crippen LogP contribution >= 0.6 is 23.1 Å². The summed E-state index contributed by atoms with van der Waals surface area (Å²) in [5.74, 6) is -1.59. The van der Waals surface area contributed by atoms with Gasteiger partial charge >= 0.3 is 0 Å². The predicted octanol–water partition coefficient (Wildman–Crippen LogP) is 3.81. The van der Waals surface area contributed by atoms with Crippen molar-refractivity contribution in [3.63, 3.8) is 0 Å². The zero-order valence-corrected chi connectivity index (χ0v) is 13.1. The second-order valence-electron chi connectivity index (χ2n) is 4.35. The third-order valence-corrected chi connectivity index (χ3v) is 4.29. The van der Waals surface area contributed by atoms with E-state index in [1.54, 1.807) is 0 Å². The van der Waals surface area contributed by atoms with E-state index in [4.69, 9.17) is 4.42 Å². The highest BCUT2D eigenvalue weighted by Crippen LogP contribution is 2.26. The maximum Gasteiger partial charge on any atom is 0.277 e. The molecule has 1 aromatic carbocycles. The Hall–Kier alpha value is -2.26. The molecular weight excluding hydrogens is 344 g/mol. The molecule has 118 valence electrons. The number of carbonyl (C=O) groups excluding carboxylic acids is 1. The number of aromatic nitrogens is 2. The molecule has 0 radical (unpaired) electrons. The van der Waals surface area contributed by atoms with Crippen molar-refractivity contribution in [1.82, 2.24) is 10.2 Å². The number of rotatable bonds is 5. The Bertz CT molecular complexity index is 801. The molecule has 23 heavy (non-hydrogen) atoms.